The number of amides is 1. The Bertz CT molecular complexity index is 820. The number of hydrogen-bond donors (Lipinski definition) is 1. The van der Waals surface area contributed by atoms with E-state index in [0.717, 1.165) is 16.9 Å². The molecule has 1 N–H and O–H groups in total. The van der Waals surface area contributed by atoms with Crippen LogP contribution in [0, 0.1) is 0 Å². The van der Waals surface area contributed by atoms with Crippen molar-refractivity contribution in [1.82, 2.24) is 0 Å². The fraction of sp³-hybridized carbons (Fsp3) is 0.300. The highest BCUT2D eigenvalue weighted by molar-refractivity contribution is 7.98. The van der Waals surface area contributed by atoms with Crippen LogP contribution in [0.5, 0.6) is 0 Å². The van der Waals surface area contributed by atoms with Crippen molar-refractivity contribution in [3.63, 3.8) is 0 Å². The number of carbonyl (C=O) groups is 2. The van der Waals surface area contributed by atoms with E-state index >= 15 is 0 Å². The van der Waals surface area contributed by atoms with E-state index in [1.807, 2.05) is 36.6 Å². The second kappa shape index (κ2) is 8.14. The highest BCUT2D eigenvalue weighted by Gasteiger charge is 2.47. The summed E-state index contributed by atoms with van der Waals surface area (Å²) in [5.41, 5.74) is 0.865. The SMILES string of the molecule is CSc1cccc(NC(=O)COC(=O)C2(c3cccc(Cl)c3)CCC2)c1. The number of thioether (sulfide) groups is 1. The molecule has 0 heterocycles. The van der Waals surface area contributed by atoms with Crippen LogP contribution in [0.1, 0.15) is 24.8 Å². The summed E-state index contributed by atoms with van der Waals surface area (Å²) in [6.45, 7) is -0.301. The van der Waals surface area contributed by atoms with E-state index in [4.69, 9.17) is 16.3 Å². The number of benzene rings is 2. The largest absolute Gasteiger partial charge is 0.455 e. The van der Waals surface area contributed by atoms with Crippen LogP contribution in [-0.4, -0.2) is 24.7 Å². The Morgan fingerprint density at radius 3 is 2.62 bits per heavy atom. The Hall–Kier alpha value is -1.98. The van der Waals surface area contributed by atoms with E-state index in [2.05, 4.69) is 5.32 Å². The molecule has 2 aromatic rings. The zero-order valence-corrected chi connectivity index (χ0v) is 16.0. The molecule has 0 spiro atoms. The quantitative estimate of drug-likeness (QED) is 0.576. The van der Waals surface area contributed by atoms with Crippen molar-refractivity contribution in [3.8, 4) is 0 Å². The fourth-order valence-corrected chi connectivity index (χ4v) is 3.74. The molecule has 0 saturated heterocycles. The number of halogens is 1. The maximum atomic E-state index is 12.7. The lowest BCUT2D eigenvalue weighted by Gasteiger charge is -2.39. The lowest BCUT2D eigenvalue weighted by molar-refractivity contribution is -0.156. The number of rotatable bonds is 6. The standard InChI is InChI=1S/C20H20ClNO3S/c1-26-17-8-3-7-16(12-17)22-18(23)13-25-19(24)20(9-4-10-20)14-5-2-6-15(21)11-14/h2-3,5-8,11-12H,4,9-10,13H2,1H3,(H,22,23). The van der Waals surface area contributed by atoms with Crippen molar-refractivity contribution in [2.45, 2.75) is 29.6 Å². The van der Waals surface area contributed by atoms with E-state index in [9.17, 15) is 9.59 Å². The minimum absolute atomic E-state index is 0.301. The van der Waals surface area contributed by atoms with Crippen LogP contribution >= 0.6 is 23.4 Å². The van der Waals surface area contributed by atoms with Crippen LogP contribution in [-0.2, 0) is 19.7 Å². The second-order valence-electron chi connectivity index (χ2n) is 6.30. The van der Waals surface area contributed by atoms with Gasteiger partial charge in [-0.2, -0.15) is 0 Å². The van der Waals surface area contributed by atoms with E-state index in [-0.39, 0.29) is 18.5 Å². The Morgan fingerprint density at radius 2 is 1.96 bits per heavy atom. The van der Waals surface area contributed by atoms with Gasteiger partial charge in [0.1, 0.15) is 0 Å². The van der Waals surface area contributed by atoms with Gasteiger partial charge in [0.15, 0.2) is 6.61 Å². The molecule has 1 aliphatic carbocycles. The molecular formula is C20H20ClNO3S. The maximum Gasteiger partial charge on any atom is 0.317 e. The zero-order valence-electron chi connectivity index (χ0n) is 14.5. The first-order valence-corrected chi connectivity index (χ1v) is 10.0. The summed E-state index contributed by atoms with van der Waals surface area (Å²) in [4.78, 5) is 25.8. The van der Waals surface area contributed by atoms with Gasteiger partial charge in [-0.1, -0.05) is 36.2 Å². The summed E-state index contributed by atoms with van der Waals surface area (Å²) in [6.07, 6.45) is 4.35. The van der Waals surface area contributed by atoms with E-state index in [1.165, 1.54) is 0 Å². The van der Waals surface area contributed by atoms with Crippen molar-refractivity contribution in [2.24, 2.45) is 0 Å². The second-order valence-corrected chi connectivity index (χ2v) is 7.62. The third-order valence-electron chi connectivity index (χ3n) is 4.66. The van der Waals surface area contributed by atoms with Crippen molar-refractivity contribution >= 4 is 40.9 Å². The van der Waals surface area contributed by atoms with Crippen LogP contribution in [0.3, 0.4) is 0 Å². The summed E-state index contributed by atoms with van der Waals surface area (Å²) in [5.74, 6) is -0.712. The van der Waals surface area contributed by atoms with Gasteiger partial charge in [-0.25, -0.2) is 0 Å². The average molecular weight is 390 g/mol. The number of anilines is 1. The molecule has 0 bridgehead atoms. The first-order chi connectivity index (χ1) is 12.5. The predicted octanol–water partition coefficient (Wildman–Crippen LogP) is 4.67. The third kappa shape index (κ3) is 4.05. The van der Waals surface area contributed by atoms with Gasteiger partial charge in [0.05, 0.1) is 5.41 Å². The summed E-state index contributed by atoms with van der Waals surface area (Å²) >= 11 is 7.65. The van der Waals surface area contributed by atoms with Gasteiger partial charge < -0.3 is 10.1 Å². The molecule has 0 aliphatic heterocycles. The molecule has 136 valence electrons. The fourth-order valence-electron chi connectivity index (χ4n) is 3.09. The summed E-state index contributed by atoms with van der Waals surface area (Å²) in [7, 11) is 0. The summed E-state index contributed by atoms with van der Waals surface area (Å²) < 4.78 is 5.33. The minimum atomic E-state index is -0.677. The first kappa shape index (κ1) is 18.8. The summed E-state index contributed by atoms with van der Waals surface area (Å²) in [5, 5.41) is 3.35. The first-order valence-electron chi connectivity index (χ1n) is 8.41. The molecule has 0 unspecified atom stereocenters. The lowest BCUT2D eigenvalue weighted by Crippen LogP contribution is -2.44. The topological polar surface area (TPSA) is 55.4 Å². The van der Waals surface area contributed by atoms with Gasteiger partial charge in [-0.15, -0.1) is 11.8 Å². The number of carbonyl (C=O) groups excluding carboxylic acids is 2. The molecule has 0 aromatic heterocycles. The highest BCUT2D eigenvalue weighted by Crippen LogP contribution is 2.45. The summed E-state index contributed by atoms with van der Waals surface area (Å²) in [6, 6.07) is 14.8. The molecule has 1 saturated carbocycles. The van der Waals surface area contributed by atoms with Gasteiger partial charge in [-0.05, 0) is 55.0 Å². The molecule has 1 fully saturated rings. The number of nitrogens with one attached hydrogen (secondary N) is 1. The molecule has 4 nitrogen and oxygen atoms in total. The molecule has 1 aliphatic rings. The van der Waals surface area contributed by atoms with Crippen LogP contribution in [0.15, 0.2) is 53.4 Å². The van der Waals surface area contributed by atoms with E-state index < -0.39 is 5.41 Å². The lowest BCUT2D eigenvalue weighted by atomic mass is 9.64. The predicted molar refractivity (Wildman–Crippen MR) is 105 cm³/mol. The Labute approximate surface area is 162 Å². The Balaban J connectivity index is 1.61. The van der Waals surface area contributed by atoms with E-state index in [1.54, 1.807) is 30.0 Å². The molecule has 6 heteroatoms. The molecule has 3 rings (SSSR count). The number of hydrogen-bond acceptors (Lipinski definition) is 4. The van der Waals surface area contributed by atoms with Crippen LogP contribution in [0.25, 0.3) is 0 Å². The van der Waals surface area contributed by atoms with Gasteiger partial charge in [-0.3, -0.25) is 9.59 Å². The van der Waals surface area contributed by atoms with Crippen LogP contribution in [0.4, 0.5) is 5.69 Å². The van der Waals surface area contributed by atoms with Gasteiger partial charge in [0, 0.05) is 15.6 Å². The monoisotopic (exact) mass is 389 g/mol. The molecule has 2 aromatic carbocycles. The van der Waals surface area contributed by atoms with Gasteiger partial charge >= 0.3 is 5.97 Å². The Morgan fingerprint density at radius 1 is 1.19 bits per heavy atom. The third-order valence-corrected chi connectivity index (χ3v) is 5.62. The van der Waals surface area contributed by atoms with Crippen molar-refractivity contribution < 1.29 is 14.3 Å². The Kier molecular flexibility index (Phi) is 5.89. The van der Waals surface area contributed by atoms with E-state index in [0.29, 0.717) is 23.6 Å². The maximum absolute atomic E-state index is 12.7. The van der Waals surface area contributed by atoms with Gasteiger partial charge in [0.2, 0.25) is 0 Å². The zero-order chi connectivity index (χ0) is 18.6. The molecule has 26 heavy (non-hydrogen) atoms. The average Bonchev–Trinajstić information content (AvgIpc) is 2.59. The normalized spacial score (nSPS) is 15.0. The number of ether oxygens (including phenoxy) is 1. The smallest absolute Gasteiger partial charge is 0.317 e. The van der Waals surface area contributed by atoms with Crippen LogP contribution in [0.2, 0.25) is 5.02 Å². The minimum Gasteiger partial charge on any atom is -0.455 e. The van der Waals surface area contributed by atoms with Crippen LogP contribution < -0.4 is 5.32 Å². The van der Waals surface area contributed by atoms with Crippen molar-refractivity contribution in [1.29, 1.82) is 0 Å². The van der Waals surface area contributed by atoms with Crippen molar-refractivity contribution in [3.05, 3.63) is 59.1 Å². The molecule has 0 radical (unpaired) electrons. The molecular weight excluding hydrogens is 370 g/mol. The molecule has 1 amide bonds. The van der Waals surface area contributed by atoms with Gasteiger partial charge in [0.25, 0.3) is 5.91 Å². The molecule has 0 atom stereocenters. The highest BCUT2D eigenvalue weighted by atomic mass is 35.5. The van der Waals surface area contributed by atoms with Crippen molar-refractivity contribution in [2.75, 3.05) is 18.2 Å². The number of esters is 1.